The van der Waals surface area contributed by atoms with E-state index in [-0.39, 0.29) is 18.4 Å². The second-order valence-corrected chi connectivity index (χ2v) is 5.66. The molecule has 0 bridgehead atoms. The zero-order valence-electron chi connectivity index (χ0n) is 9.97. The van der Waals surface area contributed by atoms with Crippen molar-refractivity contribution in [2.75, 3.05) is 6.61 Å². The van der Waals surface area contributed by atoms with Gasteiger partial charge in [-0.1, -0.05) is 27.7 Å². The topological polar surface area (TPSA) is 103 Å². The number of hydrogen-bond donors (Lipinski definition) is 3. The highest BCUT2D eigenvalue weighted by atomic mass is 31.2. The first-order valence-corrected chi connectivity index (χ1v) is 6.63. The van der Waals surface area contributed by atoms with Crippen LogP contribution in [-0.2, 0) is 9.40 Å². The summed E-state index contributed by atoms with van der Waals surface area (Å²) in [5.74, 6) is 0.0483. The molecular formula is C9H19N2O4P. The maximum Gasteiger partial charge on any atom is 0.423 e. The second-order valence-electron chi connectivity index (χ2n) is 4.39. The molecule has 0 radical (unpaired) electrons. The minimum atomic E-state index is -4.40. The third kappa shape index (κ3) is 4.20. The van der Waals surface area contributed by atoms with Crippen LogP contribution in [0.4, 0.5) is 0 Å². The van der Waals surface area contributed by atoms with E-state index in [1.807, 2.05) is 27.7 Å². The van der Waals surface area contributed by atoms with Gasteiger partial charge in [0.1, 0.15) is 0 Å². The van der Waals surface area contributed by atoms with Crippen LogP contribution in [0.3, 0.4) is 0 Å². The molecule has 3 N–H and O–H groups in total. The van der Waals surface area contributed by atoms with Crippen molar-refractivity contribution in [3.63, 3.8) is 0 Å². The SMILES string of the molecule is CC(C)C(C#N)(CONP(=O)(O)O)C(C)C. The quantitative estimate of drug-likeness (QED) is 0.486. The molecule has 0 fully saturated rings. The monoisotopic (exact) mass is 250 g/mol. The first-order valence-electron chi connectivity index (χ1n) is 5.01. The molecule has 0 saturated heterocycles. The van der Waals surface area contributed by atoms with Crippen LogP contribution >= 0.6 is 7.75 Å². The summed E-state index contributed by atoms with van der Waals surface area (Å²) in [6.45, 7) is 7.45. The lowest BCUT2D eigenvalue weighted by Gasteiger charge is -2.33. The van der Waals surface area contributed by atoms with Crippen molar-refractivity contribution in [2.45, 2.75) is 27.7 Å². The Balaban J connectivity index is 4.59. The first-order chi connectivity index (χ1) is 7.15. The molecule has 0 aromatic rings. The summed E-state index contributed by atoms with van der Waals surface area (Å²) in [7, 11) is -4.40. The third-order valence-electron chi connectivity index (χ3n) is 2.76. The van der Waals surface area contributed by atoms with E-state index >= 15 is 0 Å². The van der Waals surface area contributed by atoms with Crippen molar-refractivity contribution in [1.29, 1.82) is 5.26 Å². The molecule has 0 atom stereocenters. The molecule has 0 aliphatic heterocycles. The minimum absolute atomic E-state index is 0.0241. The molecule has 94 valence electrons. The van der Waals surface area contributed by atoms with E-state index in [9.17, 15) is 9.83 Å². The van der Waals surface area contributed by atoms with Gasteiger partial charge in [0.2, 0.25) is 0 Å². The van der Waals surface area contributed by atoms with Crippen LogP contribution in [0.5, 0.6) is 0 Å². The molecule has 0 rings (SSSR count). The average molecular weight is 250 g/mol. The Kier molecular flexibility index (Phi) is 5.60. The summed E-state index contributed by atoms with van der Waals surface area (Å²) in [5, 5.41) is 10.8. The lowest BCUT2D eigenvalue weighted by atomic mass is 9.71. The molecule has 7 heteroatoms. The van der Waals surface area contributed by atoms with Crippen LogP contribution in [0.25, 0.3) is 0 Å². The van der Waals surface area contributed by atoms with Crippen LogP contribution < -0.4 is 5.25 Å². The van der Waals surface area contributed by atoms with Gasteiger partial charge in [-0.15, -0.1) is 5.25 Å². The third-order valence-corrected chi connectivity index (χ3v) is 3.13. The Bertz CT molecular complexity index is 297. The predicted molar refractivity (Wildman–Crippen MR) is 58.9 cm³/mol. The van der Waals surface area contributed by atoms with Gasteiger partial charge < -0.3 is 9.79 Å². The molecule has 0 aromatic carbocycles. The van der Waals surface area contributed by atoms with Gasteiger partial charge in [0.15, 0.2) is 0 Å². The number of hydrogen-bond acceptors (Lipinski definition) is 3. The van der Waals surface area contributed by atoms with Crippen molar-refractivity contribution < 1.29 is 19.2 Å². The van der Waals surface area contributed by atoms with Crippen LogP contribution in [-0.4, -0.2) is 16.4 Å². The Hall–Kier alpha value is -0.440. The number of nitrogens with zero attached hydrogens (tertiary/aromatic N) is 1. The molecule has 0 spiro atoms. The van der Waals surface area contributed by atoms with Crippen molar-refractivity contribution >= 4 is 7.75 Å². The maximum atomic E-state index is 10.5. The molecule has 0 saturated carbocycles. The Morgan fingerprint density at radius 2 is 1.81 bits per heavy atom. The molecule has 0 unspecified atom stereocenters. The van der Waals surface area contributed by atoms with E-state index in [0.29, 0.717) is 0 Å². The van der Waals surface area contributed by atoms with Crippen molar-refractivity contribution in [3.8, 4) is 6.07 Å². The van der Waals surface area contributed by atoms with Gasteiger partial charge in [-0.3, -0.25) is 4.84 Å². The molecule has 0 heterocycles. The largest absolute Gasteiger partial charge is 0.423 e. The van der Waals surface area contributed by atoms with E-state index in [0.717, 1.165) is 0 Å². The van der Waals surface area contributed by atoms with Crippen molar-refractivity contribution in [2.24, 2.45) is 17.3 Å². The summed E-state index contributed by atoms with van der Waals surface area (Å²) in [4.78, 5) is 21.9. The number of rotatable bonds is 6. The van der Waals surface area contributed by atoms with Gasteiger partial charge in [-0.2, -0.15) is 5.26 Å². The fourth-order valence-corrected chi connectivity index (χ4v) is 1.76. The van der Waals surface area contributed by atoms with Crippen LogP contribution in [0.2, 0.25) is 0 Å². The van der Waals surface area contributed by atoms with Gasteiger partial charge in [0.05, 0.1) is 18.1 Å². The van der Waals surface area contributed by atoms with Crippen LogP contribution in [0.15, 0.2) is 0 Å². The lowest BCUT2D eigenvalue weighted by molar-refractivity contribution is -0.0119. The summed E-state index contributed by atoms with van der Waals surface area (Å²) < 4.78 is 10.5. The lowest BCUT2D eigenvalue weighted by Crippen LogP contribution is -2.38. The maximum absolute atomic E-state index is 10.5. The smallest absolute Gasteiger partial charge is 0.311 e. The summed E-state index contributed by atoms with van der Waals surface area (Å²) in [5.41, 5.74) is -0.762. The minimum Gasteiger partial charge on any atom is -0.311 e. The fraction of sp³-hybridized carbons (Fsp3) is 0.889. The molecule has 0 aliphatic carbocycles. The van der Waals surface area contributed by atoms with Crippen molar-refractivity contribution in [1.82, 2.24) is 5.25 Å². The van der Waals surface area contributed by atoms with E-state index in [1.165, 1.54) is 0 Å². The van der Waals surface area contributed by atoms with Crippen LogP contribution in [0, 0.1) is 28.6 Å². The van der Waals surface area contributed by atoms with Gasteiger partial charge in [0.25, 0.3) is 0 Å². The fourth-order valence-electron chi connectivity index (χ4n) is 1.53. The van der Waals surface area contributed by atoms with E-state index < -0.39 is 13.2 Å². The molecule has 0 aliphatic rings. The zero-order chi connectivity index (χ0) is 13.0. The Labute approximate surface area is 95.8 Å². The number of nitrogens with one attached hydrogen (secondary N) is 1. The summed E-state index contributed by atoms with van der Waals surface area (Å²) >= 11 is 0. The highest BCUT2D eigenvalue weighted by Gasteiger charge is 2.38. The number of nitriles is 1. The molecule has 16 heavy (non-hydrogen) atoms. The van der Waals surface area contributed by atoms with Gasteiger partial charge >= 0.3 is 7.75 Å². The molecule has 0 aromatic heterocycles. The first kappa shape index (κ1) is 15.6. The molecule has 0 amide bonds. The molecular weight excluding hydrogens is 231 g/mol. The highest BCUT2D eigenvalue weighted by Crippen LogP contribution is 2.36. The van der Waals surface area contributed by atoms with E-state index in [4.69, 9.17) is 14.6 Å². The second kappa shape index (κ2) is 5.76. The average Bonchev–Trinajstić information content (AvgIpc) is 2.09. The van der Waals surface area contributed by atoms with Gasteiger partial charge in [0, 0.05) is 0 Å². The zero-order valence-corrected chi connectivity index (χ0v) is 10.9. The normalized spacial score (nSPS) is 13.2. The van der Waals surface area contributed by atoms with E-state index in [2.05, 4.69) is 6.07 Å². The Morgan fingerprint density at radius 1 is 1.38 bits per heavy atom. The molecule has 6 nitrogen and oxygen atoms in total. The predicted octanol–water partition coefficient (Wildman–Crippen LogP) is 1.42. The van der Waals surface area contributed by atoms with Gasteiger partial charge in [-0.05, 0) is 11.8 Å². The standard InChI is InChI=1S/C9H19N2O4P/c1-7(2)9(5-10,8(3)4)6-15-11-16(12,13)14/h7-8H,6H2,1-4H3,(H3,11,12,13,14). The van der Waals surface area contributed by atoms with E-state index in [1.54, 1.807) is 5.25 Å². The summed E-state index contributed by atoms with van der Waals surface area (Å²) in [6, 6.07) is 2.18. The van der Waals surface area contributed by atoms with Gasteiger partial charge in [-0.25, -0.2) is 4.57 Å². The van der Waals surface area contributed by atoms with Crippen LogP contribution in [0.1, 0.15) is 27.7 Å². The van der Waals surface area contributed by atoms with Crippen molar-refractivity contribution in [3.05, 3.63) is 0 Å². The Morgan fingerprint density at radius 3 is 2.06 bits per heavy atom. The summed E-state index contributed by atoms with van der Waals surface area (Å²) in [6.07, 6.45) is 0. The highest BCUT2D eigenvalue weighted by molar-refractivity contribution is 7.49.